The van der Waals surface area contributed by atoms with E-state index in [1.165, 1.54) is 13.2 Å². The van der Waals surface area contributed by atoms with Gasteiger partial charge in [-0.05, 0) is 29.5 Å². The fraction of sp³-hybridized carbons (Fsp3) is 0.455. The van der Waals surface area contributed by atoms with Crippen LogP contribution in [0.4, 0.5) is 8.78 Å². The van der Waals surface area contributed by atoms with E-state index in [4.69, 9.17) is 9.47 Å². The van der Waals surface area contributed by atoms with Gasteiger partial charge in [0.2, 0.25) is 5.88 Å². The molecule has 0 fully saturated rings. The Bertz CT molecular complexity index is 441. The molecule has 7 heteroatoms. The van der Waals surface area contributed by atoms with Crippen molar-refractivity contribution in [1.29, 1.82) is 0 Å². The van der Waals surface area contributed by atoms with Gasteiger partial charge in [-0.25, -0.2) is 13.8 Å². The number of alkyl halides is 2. The van der Waals surface area contributed by atoms with Crippen molar-refractivity contribution in [3.05, 3.63) is 20.9 Å². The van der Waals surface area contributed by atoms with Crippen LogP contribution in [-0.4, -0.2) is 24.7 Å². The Labute approximate surface area is 117 Å². The second-order valence-corrected chi connectivity index (χ2v) is 4.38. The average Bonchev–Trinajstić information content (AvgIpc) is 2.31. The quantitative estimate of drug-likeness (QED) is 0.590. The summed E-state index contributed by atoms with van der Waals surface area (Å²) < 4.78 is 35.5. The number of methoxy groups -OCH3 is 1. The van der Waals surface area contributed by atoms with E-state index in [0.717, 1.165) is 0 Å². The minimum Gasteiger partial charge on any atom is -0.481 e. The number of halogens is 3. The van der Waals surface area contributed by atoms with Crippen LogP contribution in [0.3, 0.4) is 0 Å². The molecule has 0 aromatic carbocycles. The number of carbonyl (C=O) groups is 1. The van der Waals surface area contributed by atoms with Crippen molar-refractivity contribution in [3.63, 3.8) is 0 Å². The van der Waals surface area contributed by atoms with Crippen LogP contribution >= 0.6 is 22.6 Å². The molecule has 0 atom stereocenters. The van der Waals surface area contributed by atoms with Gasteiger partial charge in [0.1, 0.15) is 0 Å². The van der Waals surface area contributed by atoms with Crippen molar-refractivity contribution in [3.8, 4) is 5.88 Å². The molecular formula is C11H12F2INO3. The number of pyridine rings is 1. The first kappa shape index (κ1) is 15.1. The van der Waals surface area contributed by atoms with Crippen molar-refractivity contribution in [2.75, 3.05) is 13.7 Å². The van der Waals surface area contributed by atoms with E-state index in [2.05, 4.69) is 4.98 Å². The molecule has 0 saturated carbocycles. The maximum absolute atomic E-state index is 12.8. The SMILES string of the molecule is CCOC(=O)Cc1nc(OC)cc(C(F)F)c1I. The minimum absolute atomic E-state index is 0.0602. The van der Waals surface area contributed by atoms with E-state index in [1.54, 1.807) is 29.5 Å². The van der Waals surface area contributed by atoms with Crippen LogP contribution in [0.15, 0.2) is 6.07 Å². The van der Waals surface area contributed by atoms with Gasteiger partial charge >= 0.3 is 5.97 Å². The molecule has 0 aliphatic rings. The molecule has 1 aromatic rings. The van der Waals surface area contributed by atoms with Gasteiger partial charge in [-0.15, -0.1) is 0 Å². The maximum atomic E-state index is 12.8. The van der Waals surface area contributed by atoms with Crippen LogP contribution in [-0.2, 0) is 16.0 Å². The number of carbonyl (C=O) groups excluding carboxylic acids is 1. The molecular weight excluding hydrogens is 359 g/mol. The molecule has 0 radical (unpaired) electrons. The van der Waals surface area contributed by atoms with Gasteiger partial charge in [-0.1, -0.05) is 0 Å². The maximum Gasteiger partial charge on any atom is 0.311 e. The molecule has 0 spiro atoms. The predicted octanol–water partition coefficient (Wildman–Crippen LogP) is 2.74. The summed E-state index contributed by atoms with van der Waals surface area (Å²) in [6.07, 6.45) is -2.79. The zero-order valence-corrected chi connectivity index (χ0v) is 12.0. The second kappa shape index (κ2) is 6.81. The lowest BCUT2D eigenvalue weighted by atomic mass is 10.2. The van der Waals surface area contributed by atoms with Gasteiger partial charge in [-0.2, -0.15) is 0 Å². The molecule has 1 aromatic heterocycles. The molecule has 0 amide bonds. The Morgan fingerprint density at radius 2 is 2.22 bits per heavy atom. The van der Waals surface area contributed by atoms with E-state index >= 15 is 0 Å². The van der Waals surface area contributed by atoms with Gasteiger partial charge in [0.25, 0.3) is 6.43 Å². The Morgan fingerprint density at radius 1 is 1.56 bits per heavy atom. The van der Waals surface area contributed by atoms with E-state index in [9.17, 15) is 13.6 Å². The van der Waals surface area contributed by atoms with Crippen LogP contribution in [0.2, 0.25) is 0 Å². The van der Waals surface area contributed by atoms with Gasteiger partial charge in [0, 0.05) is 15.2 Å². The number of ether oxygens (including phenoxy) is 2. The fourth-order valence-corrected chi connectivity index (χ4v) is 2.01. The first-order chi connectivity index (χ1) is 8.49. The van der Waals surface area contributed by atoms with Crippen LogP contribution in [0.25, 0.3) is 0 Å². The van der Waals surface area contributed by atoms with Crippen molar-refractivity contribution < 1.29 is 23.0 Å². The summed E-state index contributed by atoms with van der Waals surface area (Å²) in [5, 5.41) is 0. The Hall–Kier alpha value is -0.990. The van der Waals surface area contributed by atoms with Crippen LogP contribution in [0, 0.1) is 3.57 Å². The summed E-state index contributed by atoms with van der Waals surface area (Å²) in [5.74, 6) is -0.443. The molecule has 0 aliphatic heterocycles. The fourth-order valence-electron chi connectivity index (χ4n) is 1.31. The molecule has 0 bridgehead atoms. The van der Waals surface area contributed by atoms with Gasteiger partial charge in [-0.3, -0.25) is 4.79 Å². The molecule has 1 heterocycles. The Morgan fingerprint density at radius 3 is 2.72 bits per heavy atom. The lowest BCUT2D eigenvalue weighted by Crippen LogP contribution is -2.12. The summed E-state index contributed by atoms with van der Waals surface area (Å²) in [7, 11) is 1.33. The zero-order valence-electron chi connectivity index (χ0n) is 9.87. The summed E-state index contributed by atoms with van der Waals surface area (Å²) in [6.45, 7) is 1.91. The van der Waals surface area contributed by atoms with Gasteiger partial charge < -0.3 is 9.47 Å². The molecule has 0 N–H and O–H groups in total. The molecule has 18 heavy (non-hydrogen) atoms. The predicted molar refractivity (Wildman–Crippen MR) is 68.8 cm³/mol. The lowest BCUT2D eigenvalue weighted by Gasteiger charge is -2.11. The molecule has 0 aliphatic carbocycles. The number of hydrogen-bond donors (Lipinski definition) is 0. The lowest BCUT2D eigenvalue weighted by molar-refractivity contribution is -0.142. The molecule has 0 saturated heterocycles. The highest BCUT2D eigenvalue weighted by Gasteiger charge is 2.20. The van der Waals surface area contributed by atoms with Crippen molar-refractivity contribution >= 4 is 28.6 Å². The normalized spacial score (nSPS) is 10.6. The van der Waals surface area contributed by atoms with E-state index in [1.807, 2.05) is 0 Å². The van der Waals surface area contributed by atoms with Gasteiger partial charge in [0.15, 0.2) is 0 Å². The van der Waals surface area contributed by atoms with E-state index in [0.29, 0.717) is 0 Å². The molecule has 100 valence electrons. The van der Waals surface area contributed by atoms with Crippen molar-refractivity contribution in [1.82, 2.24) is 4.98 Å². The molecule has 1 rings (SSSR count). The highest BCUT2D eigenvalue weighted by molar-refractivity contribution is 14.1. The summed E-state index contributed by atoms with van der Waals surface area (Å²) in [4.78, 5) is 15.3. The summed E-state index contributed by atoms with van der Waals surface area (Å²) >= 11 is 1.75. The highest BCUT2D eigenvalue weighted by Crippen LogP contribution is 2.29. The van der Waals surface area contributed by atoms with Crippen LogP contribution < -0.4 is 4.74 Å². The number of nitrogens with zero attached hydrogens (tertiary/aromatic N) is 1. The standard InChI is InChI=1S/C11H12F2INO3/c1-3-18-9(16)5-7-10(14)6(11(12)13)4-8(15-7)17-2/h4,11H,3,5H2,1-2H3. The third-order valence-corrected chi connectivity index (χ3v) is 3.34. The van der Waals surface area contributed by atoms with Crippen molar-refractivity contribution in [2.45, 2.75) is 19.8 Å². The number of rotatable bonds is 5. The Balaban J connectivity index is 3.09. The number of esters is 1. The third kappa shape index (κ3) is 3.76. The first-order valence-electron chi connectivity index (χ1n) is 5.16. The van der Waals surface area contributed by atoms with Gasteiger partial charge in [0.05, 0.1) is 25.8 Å². The van der Waals surface area contributed by atoms with Crippen LogP contribution in [0.1, 0.15) is 24.6 Å². The number of aromatic nitrogens is 1. The minimum atomic E-state index is -2.64. The second-order valence-electron chi connectivity index (χ2n) is 3.30. The number of hydrogen-bond acceptors (Lipinski definition) is 4. The third-order valence-electron chi connectivity index (χ3n) is 2.09. The smallest absolute Gasteiger partial charge is 0.311 e. The van der Waals surface area contributed by atoms with Crippen molar-refractivity contribution in [2.24, 2.45) is 0 Å². The van der Waals surface area contributed by atoms with Crippen LogP contribution in [0.5, 0.6) is 5.88 Å². The largest absolute Gasteiger partial charge is 0.481 e. The molecule has 4 nitrogen and oxygen atoms in total. The monoisotopic (exact) mass is 371 g/mol. The molecule has 0 unspecified atom stereocenters. The zero-order chi connectivity index (χ0) is 13.7. The highest BCUT2D eigenvalue weighted by atomic mass is 127. The average molecular weight is 371 g/mol. The summed E-state index contributed by atoms with van der Waals surface area (Å²) in [6, 6.07) is 1.17. The van der Waals surface area contributed by atoms with E-state index in [-0.39, 0.29) is 33.7 Å². The van der Waals surface area contributed by atoms with E-state index < -0.39 is 12.4 Å². The first-order valence-corrected chi connectivity index (χ1v) is 6.24. The Kier molecular flexibility index (Phi) is 5.70. The summed E-state index contributed by atoms with van der Waals surface area (Å²) in [5.41, 5.74) is 0.0467. The topological polar surface area (TPSA) is 48.4 Å².